The number of nitrogens with one attached hydrogen (secondary N) is 3. The molecule has 0 spiro atoms. The Labute approximate surface area is 164 Å². The molecule has 2 amide bonds. The third-order valence-corrected chi connectivity index (χ3v) is 5.10. The van der Waals surface area contributed by atoms with Crippen molar-refractivity contribution in [1.29, 1.82) is 0 Å². The molecular formula is C20H25N7O. The number of hydrogen-bond acceptors (Lipinski definition) is 5. The Balaban J connectivity index is 1.30. The lowest BCUT2D eigenvalue weighted by Crippen LogP contribution is -2.46. The highest BCUT2D eigenvalue weighted by Crippen LogP contribution is 2.25. The fourth-order valence-corrected chi connectivity index (χ4v) is 3.54. The highest BCUT2D eigenvalue weighted by atomic mass is 16.2. The van der Waals surface area contributed by atoms with Gasteiger partial charge in [0.25, 0.3) is 0 Å². The number of H-pyrrole nitrogens is 1. The summed E-state index contributed by atoms with van der Waals surface area (Å²) in [6, 6.07) is 9.79. The predicted octanol–water partition coefficient (Wildman–Crippen LogP) is 2.81. The molecule has 146 valence electrons. The number of benzene rings is 1. The Bertz CT molecular complexity index is 943. The number of aromatic amines is 1. The number of urea groups is 1. The van der Waals surface area contributed by atoms with Crippen LogP contribution in [0.4, 0.5) is 22.0 Å². The summed E-state index contributed by atoms with van der Waals surface area (Å²) in [5.41, 5.74) is 2.74. The number of anilines is 3. The first-order chi connectivity index (χ1) is 13.6. The minimum absolute atomic E-state index is 0.154. The van der Waals surface area contributed by atoms with Gasteiger partial charge in [-0.1, -0.05) is 0 Å². The van der Waals surface area contributed by atoms with Crippen LogP contribution < -0.4 is 20.4 Å². The van der Waals surface area contributed by atoms with Crippen molar-refractivity contribution in [2.45, 2.75) is 18.9 Å². The van der Waals surface area contributed by atoms with E-state index in [1.165, 1.54) is 0 Å². The Kier molecular flexibility index (Phi) is 5.01. The third-order valence-electron chi connectivity index (χ3n) is 5.10. The molecule has 8 nitrogen and oxygen atoms in total. The Morgan fingerprint density at radius 1 is 1.14 bits per heavy atom. The number of hydrogen-bond donors (Lipinski definition) is 3. The van der Waals surface area contributed by atoms with Crippen LogP contribution in [0.5, 0.6) is 0 Å². The topological polar surface area (TPSA) is 89.2 Å². The fraction of sp³-hybridized carbons (Fsp3) is 0.350. The zero-order valence-corrected chi connectivity index (χ0v) is 16.1. The first-order valence-electron chi connectivity index (χ1n) is 9.48. The molecule has 0 atom stereocenters. The molecule has 8 heteroatoms. The quantitative estimate of drug-likeness (QED) is 0.649. The number of aromatic nitrogens is 3. The van der Waals surface area contributed by atoms with E-state index in [0.717, 1.165) is 54.2 Å². The third kappa shape index (κ3) is 3.85. The van der Waals surface area contributed by atoms with E-state index >= 15 is 0 Å². The molecule has 1 fully saturated rings. The van der Waals surface area contributed by atoms with E-state index in [1.54, 1.807) is 6.33 Å². The van der Waals surface area contributed by atoms with E-state index < -0.39 is 0 Å². The van der Waals surface area contributed by atoms with Crippen LogP contribution in [-0.2, 0) is 0 Å². The lowest BCUT2D eigenvalue weighted by molar-refractivity contribution is 0.246. The van der Waals surface area contributed by atoms with Crippen LogP contribution >= 0.6 is 0 Å². The van der Waals surface area contributed by atoms with Crippen molar-refractivity contribution < 1.29 is 4.79 Å². The van der Waals surface area contributed by atoms with Gasteiger partial charge in [0.1, 0.15) is 17.8 Å². The van der Waals surface area contributed by atoms with Gasteiger partial charge in [0.15, 0.2) is 0 Å². The number of carbonyl (C=O) groups excluding carboxylic acids is 1. The van der Waals surface area contributed by atoms with Crippen molar-refractivity contribution in [1.82, 2.24) is 20.3 Å². The molecule has 1 aliphatic heterocycles. The van der Waals surface area contributed by atoms with Crippen molar-refractivity contribution in [3.63, 3.8) is 0 Å². The van der Waals surface area contributed by atoms with Gasteiger partial charge in [0.05, 0.1) is 5.39 Å². The number of nitrogens with zero attached hydrogens (tertiary/aromatic N) is 4. The molecule has 4 rings (SSSR count). The molecule has 1 aromatic carbocycles. The van der Waals surface area contributed by atoms with E-state index in [-0.39, 0.29) is 12.1 Å². The molecule has 2 aromatic heterocycles. The lowest BCUT2D eigenvalue weighted by atomic mass is 10.1. The van der Waals surface area contributed by atoms with Crippen LogP contribution in [0.2, 0.25) is 0 Å². The summed E-state index contributed by atoms with van der Waals surface area (Å²) < 4.78 is 0. The number of piperidine rings is 1. The summed E-state index contributed by atoms with van der Waals surface area (Å²) >= 11 is 0. The fourth-order valence-electron chi connectivity index (χ4n) is 3.54. The number of fused-ring (bicyclic) bond motifs is 1. The maximum absolute atomic E-state index is 12.3. The second-order valence-corrected chi connectivity index (χ2v) is 7.24. The number of amides is 2. The monoisotopic (exact) mass is 379 g/mol. The Morgan fingerprint density at radius 2 is 1.89 bits per heavy atom. The predicted molar refractivity (Wildman–Crippen MR) is 112 cm³/mol. The molecule has 3 N–H and O–H groups in total. The minimum Gasteiger partial charge on any atom is -0.378 e. The van der Waals surface area contributed by atoms with Gasteiger partial charge in [-0.15, -0.1) is 0 Å². The molecule has 0 unspecified atom stereocenters. The Hall–Kier alpha value is -3.29. The summed E-state index contributed by atoms with van der Waals surface area (Å²) in [5, 5.41) is 7.03. The summed E-state index contributed by atoms with van der Waals surface area (Å²) in [6.07, 6.45) is 5.23. The van der Waals surface area contributed by atoms with Gasteiger partial charge in [-0.2, -0.15) is 0 Å². The van der Waals surface area contributed by atoms with Crippen LogP contribution in [0, 0.1) is 0 Å². The minimum atomic E-state index is -0.161. The second-order valence-electron chi connectivity index (χ2n) is 7.24. The molecule has 0 bridgehead atoms. The van der Waals surface area contributed by atoms with Crippen LogP contribution in [0.3, 0.4) is 0 Å². The van der Waals surface area contributed by atoms with Crippen molar-refractivity contribution in [2.75, 3.05) is 42.3 Å². The molecular weight excluding hydrogens is 354 g/mol. The van der Waals surface area contributed by atoms with Crippen LogP contribution in [0.25, 0.3) is 11.0 Å². The van der Waals surface area contributed by atoms with Gasteiger partial charge in [-0.05, 0) is 43.2 Å². The average molecular weight is 379 g/mol. The van der Waals surface area contributed by atoms with E-state index in [9.17, 15) is 4.79 Å². The van der Waals surface area contributed by atoms with E-state index in [1.807, 2.05) is 55.5 Å². The summed E-state index contributed by atoms with van der Waals surface area (Å²) in [5.74, 6) is 0.954. The van der Waals surface area contributed by atoms with Gasteiger partial charge in [0.2, 0.25) is 0 Å². The van der Waals surface area contributed by atoms with Gasteiger partial charge in [0, 0.05) is 50.8 Å². The van der Waals surface area contributed by atoms with Crippen molar-refractivity contribution in [3.8, 4) is 0 Å². The smallest absolute Gasteiger partial charge is 0.319 e. The lowest BCUT2D eigenvalue weighted by Gasteiger charge is -2.33. The Morgan fingerprint density at radius 3 is 2.61 bits per heavy atom. The van der Waals surface area contributed by atoms with E-state index in [4.69, 9.17) is 0 Å². The van der Waals surface area contributed by atoms with Crippen molar-refractivity contribution in [3.05, 3.63) is 42.9 Å². The van der Waals surface area contributed by atoms with E-state index in [2.05, 4.69) is 30.5 Å². The summed E-state index contributed by atoms with van der Waals surface area (Å²) in [6.45, 7) is 1.69. The molecule has 0 aliphatic carbocycles. The molecule has 3 aromatic rings. The molecule has 28 heavy (non-hydrogen) atoms. The van der Waals surface area contributed by atoms with Gasteiger partial charge in [-0.25, -0.2) is 14.8 Å². The SMILES string of the molecule is CN(C)c1ccc(NC(=O)NC2CCN(c3ncnc4[nH]ccc34)CC2)cc1. The first-order valence-corrected chi connectivity index (χ1v) is 9.48. The molecule has 0 radical (unpaired) electrons. The number of rotatable bonds is 4. The maximum Gasteiger partial charge on any atom is 0.319 e. The average Bonchev–Trinajstić information content (AvgIpc) is 3.18. The van der Waals surface area contributed by atoms with E-state index in [0.29, 0.717) is 0 Å². The zero-order chi connectivity index (χ0) is 19.5. The summed E-state index contributed by atoms with van der Waals surface area (Å²) in [4.78, 5) is 28.4. The largest absolute Gasteiger partial charge is 0.378 e. The highest BCUT2D eigenvalue weighted by molar-refractivity contribution is 5.90. The van der Waals surface area contributed by atoms with Crippen molar-refractivity contribution >= 4 is 34.3 Å². The van der Waals surface area contributed by atoms with Crippen molar-refractivity contribution in [2.24, 2.45) is 0 Å². The number of carbonyl (C=O) groups is 1. The summed E-state index contributed by atoms with van der Waals surface area (Å²) in [7, 11) is 3.98. The van der Waals surface area contributed by atoms with Crippen LogP contribution in [0.1, 0.15) is 12.8 Å². The molecule has 0 saturated carbocycles. The van der Waals surface area contributed by atoms with Gasteiger partial charge in [-0.3, -0.25) is 0 Å². The molecule has 3 heterocycles. The zero-order valence-electron chi connectivity index (χ0n) is 16.1. The normalized spacial score (nSPS) is 14.9. The molecule has 1 aliphatic rings. The second kappa shape index (κ2) is 7.75. The molecule has 1 saturated heterocycles. The van der Waals surface area contributed by atoms with Gasteiger partial charge < -0.3 is 25.4 Å². The standard InChI is InChI=1S/C20H25N7O/c1-26(2)16-5-3-14(4-6-16)24-20(28)25-15-8-11-27(12-9-15)19-17-7-10-21-18(17)22-13-23-19/h3-7,10,13,15H,8-9,11-12H2,1-2H3,(H,21,22,23)(H2,24,25,28). The first kappa shape index (κ1) is 18.1. The van der Waals surface area contributed by atoms with Gasteiger partial charge >= 0.3 is 6.03 Å². The highest BCUT2D eigenvalue weighted by Gasteiger charge is 2.23. The van der Waals surface area contributed by atoms with Crippen LogP contribution in [-0.4, -0.2) is 54.2 Å². The maximum atomic E-state index is 12.3. The van der Waals surface area contributed by atoms with Crippen LogP contribution in [0.15, 0.2) is 42.9 Å².